The molecule has 0 saturated heterocycles. The van der Waals surface area contributed by atoms with Crippen LogP contribution in [0.15, 0.2) is 47.3 Å². The number of hydrogen-bond donors (Lipinski definition) is 2. The smallest absolute Gasteiger partial charge is 0.332 e. The molecule has 2 aromatic carbocycles. The van der Waals surface area contributed by atoms with Gasteiger partial charge in [0, 0.05) is 11.6 Å². The summed E-state index contributed by atoms with van der Waals surface area (Å²) in [5.74, 6) is 1.04. The predicted octanol–water partition coefficient (Wildman–Crippen LogP) is 1.90. The minimum absolute atomic E-state index is 0.0906. The minimum atomic E-state index is -0.789. The molecule has 0 aliphatic rings. The standard InChI is InChI=1S/C21H19N5O5/c1-29-13-7-4-11(5-8-13)19-23-16(18(22)27)17-20(25-19)26(21(28)24-17)12-6-9-14(30-2)15(10-12)31-3/h4-10H,1-3H3,(H2,22,27)(H,24,28). The highest BCUT2D eigenvalue weighted by Gasteiger charge is 2.21. The van der Waals surface area contributed by atoms with Crippen LogP contribution in [0, 0.1) is 0 Å². The maximum absolute atomic E-state index is 12.8. The Labute approximate surface area is 176 Å². The van der Waals surface area contributed by atoms with E-state index in [4.69, 9.17) is 19.9 Å². The maximum Gasteiger partial charge on any atom is 0.332 e. The summed E-state index contributed by atoms with van der Waals surface area (Å²) in [4.78, 5) is 36.3. The summed E-state index contributed by atoms with van der Waals surface area (Å²) >= 11 is 0. The van der Waals surface area contributed by atoms with Crippen molar-refractivity contribution in [2.24, 2.45) is 5.73 Å². The van der Waals surface area contributed by atoms with Crippen LogP contribution in [0.2, 0.25) is 0 Å². The second kappa shape index (κ2) is 7.82. The Morgan fingerprint density at radius 2 is 1.68 bits per heavy atom. The number of primary amides is 1. The maximum atomic E-state index is 12.8. The third-order valence-electron chi connectivity index (χ3n) is 4.74. The van der Waals surface area contributed by atoms with Crippen LogP contribution in [0.25, 0.3) is 28.2 Å². The van der Waals surface area contributed by atoms with Crippen molar-refractivity contribution in [3.8, 4) is 34.3 Å². The van der Waals surface area contributed by atoms with Crippen LogP contribution in [0.3, 0.4) is 0 Å². The Morgan fingerprint density at radius 3 is 2.29 bits per heavy atom. The van der Waals surface area contributed by atoms with E-state index in [0.717, 1.165) is 0 Å². The number of nitrogens with two attached hydrogens (primary N) is 1. The number of rotatable bonds is 6. The molecule has 0 unspecified atom stereocenters. The molecule has 158 valence electrons. The molecule has 0 aliphatic heterocycles. The lowest BCUT2D eigenvalue weighted by atomic mass is 10.2. The van der Waals surface area contributed by atoms with Gasteiger partial charge >= 0.3 is 5.69 Å². The lowest BCUT2D eigenvalue weighted by molar-refractivity contribution is 0.0997. The number of carbonyl (C=O) groups is 1. The molecular weight excluding hydrogens is 402 g/mol. The zero-order chi connectivity index (χ0) is 22.1. The fourth-order valence-electron chi connectivity index (χ4n) is 3.24. The summed E-state index contributed by atoms with van der Waals surface area (Å²) in [6.45, 7) is 0. The largest absolute Gasteiger partial charge is 0.497 e. The Hall–Kier alpha value is -4.34. The molecule has 0 saturated carbocycles. The van der Waals surface area contributed by atoms with Crippen LogP contribution in [0.1, 0.15) is 10.5 Å². The number of H-pyrrole nitrogens is 1. The van der Waals surface area contributed by atoms with Crippen LogP contribution >= 0.6 is 0 Å². The van der Waals surface area contributed by atoms with Crippen LogP contribution in [0.5, 0.6) is 17.2 Å². The van der Waals surface area contributed by atoms with Gasteiger partial charge in [-0.3, -0.25) is 4.79 Å². The first-order valence-electron chi connectivity index (χ1n) is 9.16. The van der Waals surface area contributed by atoms with E-state index in [0.29, 0.717) is 28.5 Å². The monoisotopic (exact) mass is 421 g/mol. The van der Waals surface area contributed by atoms with E-state index in [-0.39, 0.29) is 22.7 Å². The lowest BCUT2D eigenvalue weighted by Gasteiger charge is -2.10. The molecule has 0 atom stereocenters. The number of methoxy groups -OCH3 is 3. The highest BCUT2D eigenvalue weighted by Crippen LogP contribution is 2.30. The van der Waals surface area contributed by atoms with E-state index < -0.39 is 11.6 Å². The Bertz CT molecular complexity index is 1340. The highest BCUT2D eigenvalue weighted by molar-refractivity contribution is 6.02. The molecular formula is C21H19N5O5. The summed E-state index contributed by atoms with van der Waals surface area (Å²) in [7, 11) is 4.57. The van der Waals surface area contributed by atoms with Gasteiger partial charge < -0.3 is 24.9 Å². The van der Waals surface area contributed by atoms with Gasteiger partial charge in [0.05, 0.1) is 27.0 Å². The van der Waals surface area contributed by atoms with Crippen molar-refractivity contribution >= 4 is 17.1 Å². The number of amides is 1. The SMILES string of the molecule is COc1ccc(-c2nc(C(N)=O)c3[nH]c(=O)n(-c4ccc(OC)c(OC)c4)c3n2)cc1. The fourth-order valence-corrected chi connectivity index (χ4v) is 3.24. The van der Waals surface area contributed by atoms with Crippen molar-refractivity contribution in [3.63, 3.8) is 0 Å². The van der Waals surface area contributed by atoms with Crippen molar-refractivity contribution in [2.45, 2.75) is 0 Å². The molecule has 1 amide bonds. The number of hydrogen-bond acceptors (Lipinski definition) is 7. The molecule has 0 aliphatic carbocycles. The first-order valence-corrected chi connectivity index (χ1v) is 9.16. The number of aromatic amines is 1. The molecule has 3 N–H and O–H groups in total. The third-order valence-corrected chi connectivity index (χ3v) is 4.74. The number of benzene rings is 2. The van der Waals surface area contributed by atoms with E-state index in [9.17, 15) is 9.59 Å². The number of ether oxygens (including phenoxy) is 3. The van der Waals surface area contributed by atoms with Crippen molar-refractivity contribution in [3.05, 3.63) is 58.6 Å². The summed E-state index contributed by atoms with van der Waals surface area (Å²) < 4.78 is 17.1. The summed E-state index contributed by atoms with van der Waals surface area (Å²) in [6.07, 6.45) is 0. The Morgan fingerprint density at radius 1 is 0.968 bits per heavy atom. The normalized spacial score (nSPS) is 10.8. The quantitative estimate of drug-likeness (QED) is 0.485. The zero-order valence-corrected chi connectivity index (χ0v) is 17.0. The molecule has 4 aromatic rings. The van der Waals surface area contributed by atoms with Gasteiger partial charge in [-0.1, -0.05) is 0 Å². The van der Waals surface area contributed by atoms with E-state index in [1.54, 1.807) is 49.6 Å². The summed E-state index contributed by atoms with van der Waals surface area (Å²) in [6, 6.07) is 11.9. The number of carbonyl (C=O) groups excluding carboxylic acids is 1. The molecule has 31 heavy (non-hydrogen) atoms. The van der Waals surface area contributed by atoms with Crippen LogP contribution in [0.4, 0.5) is 0 Å². The number of aromatic nitrogens is 4. The Balaban J connectivity index is 1.99. The second-order valence-electron chi connectivity index (χ2n) is 6.49. The average molecular weight is 421 g/mol. The van der Waals surface area contributed by atoms with Gasteiger partial charge in [-0.25, -0.2) is 19.3 Å². The first-order chi connectivity index (χ1) is 15.0. The number of nitrogens with one attached hydrogen (secondary N) is 1. The minimum Gasteiger partial charge on any atom is -0.497 e. The molecule has 4 rings (SSSR count). The number of imidazole rings is 1. The molecule has 0 radical (unpaired) electrons. The van der Waals surface area contributed by atoms with Gasteiger partial charge in [0.15, 0.2) is 28.7 Å². The van der Waals surface area contributed by atoms with Gasteiger partial charge in [-0.2, -0.15) is 0 Å². The highest BCUT2D eigenvalue weighted by atomic mass is 16.5. The van der Waals surface area contributed by atoms with Crippen LogP contribution in [-0.2, 0) is 0 Å². The van der Waals surface area contributed by atoms with E-state index >= 15 is 0 Å². The number of fused-ring (bicyclic) bond motifs is 1. The van der Waals surface area contributed by atoms with E-state index in [1.807, 2.05) is 0 Å². The van der Waals surface area contributed by atoms with Crippen LogP contribution < -0.4 is 25.6 Å². The van der Waals surface area contributed by atoms with Gasteiger partial charge in [-0.05, 0) is 36.4 Å². The van der Waals surface area contributed by atoms with Gasteiger partial charge in [0.1, 0.15) is 11.3 Å². The van der Waals surface area contributed by atoms with Gasteiger partial charge in [0.25, 0.3) is 5.91 Å². The van der Waals surface area contributed by atoms with Gasteiger partial charge in [-0.15, -0.1) is 0 Å². The summed E-state index contributed by atoms with van der Waals surface area (Å²) in [5.41, 5.74) is 6.37. The van der Waals surface area contributed by atoms with E-state index in [2.05, 4.69) is 15.0 Å². The van der Waals surface area contributed by atoms with Crippen molar-refractivity contribution in [1.82, 2.24) is 19.5 Å². The number of nitrogens with zero attached hydrogens (tertiary/aromatic N) is 3. The van der Waals surface area contributed by atoms with Crippen molar-refractivity contribution in [2.75, 3.05) is 21.3 Å². The topological polar surface area (TPSA) is 134 Å². The van der Waals surface area contributed by atoms with Gasteiger partial charge in [0.2, 0.25) is 0 Å². The Kier molecular flexibility index (Phi) is 5.04. The first kappa shape index (κ1) is 20.0. The lowest BCUT2D eigenvalue weighted by Crippen LogP contribution is -2.15. The molecule has 10 heteroatoms. The zero-order valence-electron chi connectivity index (χ0n) is 17.0. The van der Waals surface area contributed by atoms with Crippen molar-refractivity contribution < 1.29 is 19.0 Å². The van der Waals surface area contributed by atoms with Crippen LogP contribution in [-0.4, -0.2) is 46.8 Å². The second-order valence-corrected chi connectivity index (χ2v) is 6.49. The summed E-state index contributed by atoms with van der Waals surface area (Å²) in [5, 5.41) is 0. The molecule has 0 bridgehead atoms. The average Bonchev–Trinajstić information content (AvgIpc) is 3.13. The fraction of sp³-hybridized carbons (Fsp3) is 0.143. The molecule has 2 heterocycles. The molecule has 0 spiro atoms. The molecule has 0 fully saturated rings. The predicted molar refractivity (Wildman–Crippen MR) is 113 cm³/mol. The molecule has 10 nitrogen and oxygen atoms in total. The van der Waals surface area contributed by atoms with Crippen molar-refractivity contribution in [1.29, 1.82) is 0 Å². The van der Waals surface area contributed by atoms with E-state index in [1.165, 1.54) is 18.8 Å². The molecule has 2 aromatic heterocycles. The third kappa shape index (κ3) is 3.44.